The maximum atomic E-state index is 13.6. The van der Waals surface area contributed by atoms with E-state index in [4.69, 9.17) is 0 Å². The molecule has 3 rings (SSSR count). The van der Waals surface area contributed by atoms with Crippen LogP contribution in [0.2, 0.25) is 0 Å². The summed E-state index contributed by atoms with van der Waals surface area (Å²) in [6.07, 6.45) is 3.32. The molecule has 3 aromatic rings. The first kappa shape index (κ1) is 20.1. The van der Waals surface area contributed by atoms with E-state index in [0.29, 0.717) is 29.7 Å². The molecule has 0 saturated carbocycles. The van der Waals surface area contributed by atoms with Gasteiger partial charge in [-0.25, -0.2) is 4.98 Å². The fourth-order valence-corrected chi connectivity index (χ4v) is 2.53. The lowest BCUT2D eigenvalue weighted by atomic mass is 10.2. The Balaban J connectivity index is 1.92. The van der Waals surface area contributed by atoms with E-state index in [2.05, 4.69) is 25.6 Å². The molecule has 0 fully saturated rings. The first-order valence-electron chi connectivity index (χ1n) is 8.81. The number of hydrogen-bond acceptors (Lipinski definition) is 8. The summed E-state index contributed by atoms with van der Waals surface area (Å²) in [5.41, 5.74) is 1.22. The molecule has 29 heavy (non-hydrogen) atoms. The highest BCUT2D eigenvalue weighted by Gasteiger charge is 2.15. The Labute approximate surface area is 166 Å². The summed E-state index contributed by atoms with van der Waals surface area (Å²) in [5.74, 6) is -0.0768. The van der Waals surface area contributed by atoms with E-state index in [-0.39, 0.29) is 0 Å². The fraction of sp³-hybridized carbons (Fsp3) is 0.211. The van der Waals surface area contributed by atoms with Gasteiger partial charge < -0.3 is 15.5 Å². The van der Waals surface area contributed by atoms with Crippen molar-refractivity contribution in [2.24, 2.45) is 0 Å². The molecular formula is C19H20FN7O2. The summed E-state index contributed by atoms with van der Waals surface area (Å²) in [6, 6.07) is 8.93. The van der Waals surface area contributed by atoms with Gasteiger partial charge in [0.15, 0.2) is 0 Å². The number of hydrogen-bond donors (Lipinski definition) is 2. The molecule has 0 amide bonds. The summed E-state index contributed by atoms with van der Waals surface area (Å²) in [6.45, 7) is 1.42. The van der Waals surface area contributed by atoms with Crippen LogP contribution in [0.25, 0.3) is 11.3 Å². The smallest absolute Gasteiger partial charge is 0.306 e. The van der Waals surface area contributed by atoms with Crippen LogP contribution in [0, 0.1) is 15.9 Å². The number of nitro groups is 1. The van der Waals surface area contributed by atoms with Crippen molar-refractivity contribution >= 4 is 23.1 Å². The monoisotopic (exact) mass is 397 g/mol. The molecule has 0 saturated heterocycles. The van der Waals surface area contributed by atoms with E-state index in [9.17, 15) is 14.5 Å². The number of anilines is 3. The topological polar surface area (TPSA) is 109 Å². The third-order valence-corrected chi connectivity index (χ3v) is 3.96. The van der Waals surface area contributed by atoms with E-state index in [1.165, 1.54) is 6.07 Å². The van der Waals surface area contributed by atoms with Gasteiger partial charge in [0.2, 0.25) is 11.8 Å². The maximum absolute atomic E-state index is 13.6. The Hall–Kier alpha value is -3.66. The second-order valence-electron chi connectivity index (χ2n) is 6.48. The van der Waals surface area contributed by atoms with Gasteiger partial charge in [-0.15, -0.1) is 0 Å². The molecule has 0 aliphatic carbocycles. The Bertz CT molecular complexity index is 999. The second-order valence-corrected chi connectivity index (χ2v) is 6.48. The van der Waals surface area contributed by atoms with E-state index in [1.54, 1.807) is 18.5 Å². The number of nitrogens with zero attached hydrogens (tertiary/aromatic N) is 5. The van der Waals surface area contributed by atoms with Crippen molar-refractivity contribution in [1.82, 2.24) is 19.9 Å². The lowest BCUT2D eigenvalue weighted by molar-refractivity contribution is -0.387. The van der Waals surface area contributed by atoms with Crippen LogP contribution in [0.15, 0.2) is 48.8 Å². The first-order valence-corrected chi connectivity index (χ1v) is 8.81. The zero-order valence-corrected chi connectivity index (χ0v) is 16.0. The predicted octanol–water partition coefficient (Wildman–Crippen LogP) is 3.30. The number of pyridine rings is 1. The normalized spacial score (nSPS) is 10.8. The molecule has 10 heteroatoms. The van der Waals surface area contributed by atoms with Gasteiger partial charge in [-0.3, -0.25) is 15.1 Å². The van der Waals surface area contributed by atoms with Gasteiger partial charge in [-0.2, -0.15) is 9.37 Å². The van der Waals surface area contributed by atoms with Crippen molar-refractivity contribution in [2.75, 3.05) is 37.8 Å². The molecule has 0 aliphatic heterocycles. The Morgan fingerprint density at radius 2 is 1.90 bits per heavy atom. The second kappa shape index (κ2) is 9.02. The van der Waals surface area contributed by atoms with Gasteiger partial charge in [-0.1, -0.05) is 0 Å². The first-order chi connectivity index (χ1) is 13.9. The minimum absolute atomic E-state index is 0.344. The number of aromatic nitrogens is 3. The van der Waals surface area contributed by atoms with Crippen molar-refractivity contribution in [3.63, 3.8) is 0 Å². The molecular weight excluding hydrogens is 377 g/mol. The molecule has 2 heterocycles. The maximum Gasteiger partial charge on any atom is 0.306 e. The summed E-state index contributed by atoms with van der Waals surface area (Å²) in [4.78, 5) is 25.2. The van der Waals surface area contributed by atoms with Crippen molar-refractivity contribution in [1.29, 1.82) is 0 Å². The quantitative estimate of drug-likeness (QED) is 0.440. The van der Waals surface area contributed by atoms with Gasteiger partial charge in [0.05, 0.1) is 10.6 Å². The number of nitrogens with one attached hydrogen (secondary N) is 2. The molecule has 0 spiro atoms. The molecule has 0 atom stereocenters. The number of halogens is 1. The van der Waals surface area contributed by atoms with Crippen LogP contribution in [-0.2, 0) is 0 Å². The van der Waals surface area contributed by atoms with Gasteiger partial charge in [-0.05, 0) is 38.4 Å². The predicted molar refractivity (Wildman–Crippen MR) is 109 cm³/mol. The van der Waals surface area contributed by atoms with Crippen LogP contribution in [0.5, 0.6) is 0 Å². The summed E-state index contributed by atoms with van der Waals surface area (Å²) >= 11 is 0. The molecule has 0 radical (unpaired) electrons. The van der Waals surface area contributed by atoms with Crippen LogP contribution in [0.3, 0.4) is 0 Å². The van der Waals surface area contributed by atoms with E-state index in [0.717, 1.165) is 24.2 Å². The van der Waals surface area contributed by atoms with Crippen molar-refractivity contribution in [3.8, 4) is 11.3 Å². The molecule has 9 nitrogen and oxygen atoms in total. The third-order valence-electron chi connectivity index (χ3n) is 3.96. The largest absolute Gasteiger partial charge is 0.353 e. The van der Waals surface area contributed by atoms with Crippen LogP contribution in [0.1, 0.15) is 0 Å². The Morgan fingerprint density at radius 3 is 2.59 bits per heavy atom. The number of rotatable bonds is 8. The van der Waals surface area contributed by atoms with Gasteiger partial charge >= 0.3 is 5.69 Å². The number of nitro benzene ring substituents is 1. The summed E-state index contributed by atoms with van der Waals surface area (Å²) in [5, 5.41) is 17.1. The van der Waals surface area contributed by atoms with Gasteiger partial charge in [0, 0.05) is 48.9 Å². The SMILES string of the molecule is CN(C)CCNc1nc(Nc2ccc(F)c([N+](=O)[O-])c2)cc(-c2ccncc2)n1. The molecule has 150 valence electrons. The zero-order valence-electron chi connectivity index (χ0n) is 16.0. The standard InChI is InChI=1S/C19H20FN7O2/c1-26(2)10-9-22-19-24-16(13-5-7-21-8-6-13)12-18(25-19)23-14-3-4-15(20)17(11-14)27(28)29/h3-8,11-12H,9-10H2,1-2H3,(H2,22,23,24,25). The molecule has 2 aromatic heterocycles. The summed E-state index contributed by atoms with van der Waals surface area (Å²) in [7, 11) is 3.93. The van der Waals surface area contributed by atoms with Crippen LogP contribution >= 0.6 is 0 Å². The van der Waals surface area contributed by atoms with Crippen LogP contribution < -0.4 is 10.6 Å². The molecule has 2 N–H and O–H groups in total. The number of likely N-dealkylation sites (N-methyl/N-ethyl adjacent to an activating group) is 1. The fourth-order valence-electron chi connectivity index (χ4n) is 2.53. The minimum atomic E-state index is -0.897. The summed E-state index contributed by atoms with van der Waals surface area (Å²) < 4.78 is 13.6. The van der Waals surface area contributed by atoms with Crippen molar-refractivity contribution < 1.29 is 9.31 Å². The van der Waals surface area contributed by atoms with Gasteiger partial charge in [0.1, 0.15) is 5.82 Å². The Morgan fingerprint density at radius 1 is 1.14 bits per heavy atom. The highest BCUT2D eigenvalue weighted by atomic mass is 19.1. The van der Waals surface area contributed by atoms with Crippen LogP contribution in [0.4, 0.5) is 27.5 Å². The molecule has 1 aromatic carbocycles. The van der Waals surface area contributed by atoms with Crippen molar-refractivity contribution in [3.05, 3.63) is 64.7 Å². The molecule has 0 aliphatic rings. The van der Waals surface area contributed by atoms with E-state index in [1.807, 2.05) is 31.1 Å². The van der Waals surface area contributed by atoms with E-state index < -0.39 is 16.4 Å². The average Bonchev–Trinajstić information content (AvgIpc) is 2.69. The molecule has 0 unspecified atom stereocenters. The molecule has 0 bridgehead atoms. The van der Waals surface area contributed by atoms with Crippen LogP contribution in [-0.4, -0.2) is 52.0 Å². The zero-order chi connectivity index (χ0) is 20.8. The lowest BCUT2D eigenvalue weighted by Crippen LogP contribution is -2.21. The number of benzene rings is 1. The highest BCUT2D eigenvalue weighted by Crippen LogP contribution is 2.26. The third kappa shape index (κ3) is 5.42. The average molecular weight is 397 g/mol. The minimum Gasteiger partial charge on any atom is -0.353 e. The Kier molecular flexibility index (Phi) is 6.25. The lowest BCUT2D eigenvalue weighted by Gasteiger charge is -2.13. The van der Waals surface area contributed by atoms with E-state index >= 15 is 0 Å². The highest BCUT2D eigenvalue weighted by molar-refractivity contribution is 5.68. The van der Waals surface area contributed by atoms with Gasteiger partial charge in [0.25, 0.3) is 0 Å². The van der Waals surface area contributed by atoms with Crippen molar-refractivity contribution in [2.45, 2.75) is 0 Å².